The van der Waals surface area contributed by atoms with Crippen molar-refractivity contribution in [3.8, 4) is 5.75 Å². The molecule has 146 valence electrons. The summed E-state index contributed by atoms with van der Waals surface area (Å²) in [6.07, 6.45) is 1.91. The number of benzene rings is 1. The standard InChI is InChI=1S/C18H24N4O3S2/c1-3-25-16(23)13-5-4-10-21(11-13)12-22-18(26)27-17(20-22)19-14-6-8-15(24-2)9-7-14/h6-9,13H,3-5,10-12H2,1-2H3,(H,19,20)/p+1/t13-/m0/s1. The summed E-state index contributed by atoms with van der Waals surface area (Å²) in [6, 6.07) is 7.67. The molecule has 0 spiro atoms. The Bertz CT molecular complexity index is 819. The molecular weight excluding hydrogens is 384 g/mol. The van der Waals surface area contributed by atoms with Crippen LogP contribution in [0.4, 0.5) is 10.8 Å². The van der Waals surface area contributed by atoms with Gasteiger partial charge in [0.2, 0.25) is 5.13 Å². The van der Waals surface area contributed by atoms with E-state index < -0.39 is 0 Å². The van der Waals surface area contributed by atoms with Crippen LogP contribution in [0.15, 0.2) is 24.3 Å². The Kier molecular flexibility index (Phi) is 6.81. The summed E-state index contributed by atoms with van der Waals surface area (Å²) in [6.45, 7) is 4.71. The van der Waals surface area contributed by atoms with E-state index in [0.717, 1.165) is 46.5 Å². The van der Waals surface area contributed by atoms with E-state index in [-0.39, 0.29) is 11.9 Å². The lowest BCUT2D eigenvalue weighted by atomic mass is 9.99. The SMILES string of the molecule is CCOC(=O)[C@H]1CCC[NH+](Cn2nc(Nc3ccc(OC)cc3)sc2=S)C1. The average Bonchev–Trinajstić information content (AvgIpc) is 3.01. The predicted molar refractivity (Wildman–Crippen MR) is 107 cm³/mol. The van der Waals surface area contributed by atoms with Gasteiger partial charge in [-0.05, 0) is 56.2 Å². The smallest absolute Gasteiger partial charge is 0.314 e. The number of hydrogen-bond acceptors (Lipinski definition) is 7. The second-order valence-corrected chi connectivity index (χ2v) is 8.10. The van der Waals surface area contributed by atoms with Crippen molar-refractivity contribution in [2.24, 2.45) is 5.92 Å². The minimum absolute atomic E-state index is 0.0293. The first kappa shape index (κ1) is 19.8. The number of quaternary nitrogens is 1. The van der Waals surface area contributed by atoms with Crippen LogP contribution in [0.3, 0.4) is 0 Å². The molecule has 9 heteroatoms. The Morgan fingerprint density at radius 2 is 2.22 bits per heavy atom. The maximum atomic E-state index is 12.0. The van der Waals surface area contributed by atoms with Crippen LogP contribution in [0.2, 0.25) is 0 Å². The molecule has 1 aliphatic rings. The van der Waals surface area contributed by atoms with Gasteiger partial charge >= 0.3 is 5.97 Å². The average molecular weight is 410 g/mol. The summed E-state index contributed by atoms with van der Waals surface area (Å²) < 4.78 is 12.9. The number of nitrogens with one attached hydrogen (secondary N) is 2. The van der Waals surface area contributed by atoms with Gasteiger partial charge < -0.3 is 19.7 Å². The summed E-state index contributed by atoms with van der Waals surface area (Å²) in [5.41, 5.74) is 0.930. The van der Waals surface area contributed by atoms with Gasteiger partial charge in [-0.3, -0.25) is 4.79 Å². The first-order valence-electron chi connectivity index (χ1n) is 9.08. The Morgan fingerprint density at radius 3 is 2.93 bits per heavy atom. The van der Waals surface area contributed by atoms with Crippen LogP contribution in [0, 0.1) is 9.87 Å². The van der Waals surface area contributed by atoms with Gasteiger partial charge in [0.05, 0.1) is 26.8 Å². The molecule has 1 saturated heterocycles. The maximum Gasteiger partial charge on any atom is 0.314 e. The van der Waals surface area contributed by atoms with Crippen LogP contribution in [0.5, 0.6) is 5.75 Å². The van der Waals surface area contributed by atoms with E-state index in [4.69, 9.17) is 21.7 Å². The van der Waals surface area contributed by atoms with Crippen molar-refractivity contribution in [2.45, 2.75) is 26.4 Å². The molecule has 0 radical (unpaired) electrons. The first-order chi connectivity index (χ1) is 13.1. The number of carbonyl (C=O) groups is 1. The van der Waals surface area contributed by atoms with Gasteiger partial charge in [0, 0.05) is 5.69 Å². The van der Waals surface area contributed by atoms with Gasteiger partial charge in [0.25, 0.3) is 0 Å². The molecule has 1 aliphatic heterocycles. The normalized spacial score (nSPS) is 19.5. The molecule has 2 heterocycles. The molecule has 2 N–H and O–H groups in total. The maximum absolute atomic E-state index is 12.0. The molecule has 0 amide bonds. The fraction of sp³-hybridized carbons (Fsp3) is 0.500. The highest BCUT2D eigenvalue weighted by Crippen LogP contribution is 2.22. The van der Waals surface area contributed by atoms with E-state index in [2.05, 4.69) is 10.4 Å². The van der Waals surface area contributed by atoms with Crippen LogP contribution in [0.25, 0.3) is 0 Å². The van der Waals surface area contributed by atoms with E-state index in [0.29, 0.717) is 13.3 Å². The molecule has 27 heavy (non-hydrogen) atoms. The number of aromatic nitrogens is 2. The van der Waals surface area contributed by atoms with Gasteiger partial charge in [-0.2, -0.15) is 4.68 Å². The van der Waals surface area contributed by atoms with E-state index >= 15 is 0 Å². The van der Waals surface area contributed by atoms with Crippen LogP contribution < -0.4 is 15.0 Å². The van der Waals surface area contributed by atoms with Gasteiger partial charge in [-0.25, -0.2) is 0 Å². The zero-order valence-electron chi connectivity index (χ0n) is 15.6. The van der Waals surface area contributed by atoms with Gasteiger partial charge in [0.1, 0.15) is 11.7 Å². The minimum atomic E-state index is -0.0848. The predicted octanol–water partition coefficient (Wildman–Crippen LogP) is 2.24. The molecule has 0 bridgehead atoms. The number of carbonyl (C=O) groups excluding carboxylic acids is 1. The largest absolute Gasteiger partial charge is 0.497 e. The first-order valence-corrected chi connectivity index (χ1v) is 10.3. The van der Waals surface area contributed by atoms with E-state index in [1.54, 1.807) is 7.11 Å². The molecule has 2 aromatic rings. The molecule has 3 rings (SSSR count). The summed E-state index contributed by atoms with van der Waals surface area (Å²) >= 11 is 6.92. The quantitative estimate of drug-likeness (QED) is 0.540. The molecule has 1 aromatic heterocycles. The Labute approximate surface area is 167 Å². The Hall–Kier alpha value is -1.97. The fourth-order valence-electron chi connectivity index (χ4n) is 3.22. The second kappa shape index (κ2) is 9.29. The summed E-state index contributed by atoms with van der Waals surface area (Å²) in [4.78, 5) is 13.3. The van der Waals surface area contributed by atoms with Crippen LogP contribution in [-0.4, -0.2) is 42.6 Å². The number of anilines is 2. The summed E-state index contributed by atoms with van der Waals surface area (Å²) in [5.74, 6) is 0.695. The molecular formula is C18H25N4O3S2+. The van der Waals surface area contributed by atoms with Gasteiger partial charge in [-0.1, -0.05) is 11.3 Å². The number of ether oxygens (including phenoxy) is 2. The Balaban J connectivity index is 1.62. The second-order valence-electron chi connectivity index (χ2n) is 6.48. The van der Waals surface area contributed by atoms with Crippen molar-refractivity contribution in [1.29, 1.82) is 0 Å². The third-order valence-electron chi connectivity index (χ3n) is 4.56. The molecule has 1 unspecified atom stereocenters. The van der Waals surface area contributed by atoms with Gasteiger partial charge in [0.15, 0.2) is 10.6 Å². The van der Waals surface area contributed by atoms with Crippen molar-refractivity contribution >= 4 is 40.3 Å². The molecule has 0 saturated carbocycles. The molecule has 0 aliphatic carbocycles. The molecule has 1 fully saturated rings. The molecule has 1 aromatic carbocycles. The summed E-state index contributed by atoms with van der Waals surface area (Å²) in [7, 11) is 1.64. The van der Waals surface area contributed by atoms with Crippen LogP contribution in [-0.2, 0) is 16.2 Å². The fourth-order valence-corrected chi connectivity index (χ4v) is 4.25. The highest BCUT2D eigenvalue weighted by Gasteiger charge is 2.30. The lowest BCUT2D eigenvalue weighted by molar-refractivity contribution is -0.930. The monoisotopic (exact) mass is 409 g/mol. The number of nitrogens with zero attached hydrogens (tertiary/aromatic N) is 2. The van der Waals surface area contributed by atoms with Crippen molar-refractivity contribution in [1.82, 2.24) is 9.78 Å². The van der Waals surface area contributed by atoms with Crippen molar-refractivity contribution in [3.05, 3.63) is 28.2 Å². The van der Waals surface area contributed by atoms with Crippen molar-refractivity contribution < 1.29 is 19.2 Å². The van der Waals surface area contributed by atoms with Crippen LogP contribution >= 0.6 is 23.6 Å². The lowest BCUT2D eigenvalue weighted by Gasteiger charge is -2.28. The highest BCUT2D eigenvalue weighted by atomic mass is 32.1. The number of likely N-dealkylation sites (tertiary alicyclic amines) is 1. The number of hydrogen-bond donors (Lipinski definition) is 2. The van der Waals surface area contributed by atoms with Crippen molar-refractivity contribution in [2.75, 3.05) is 32.1 Å². The number of rotatable bonds is 7. The lowest BCUT2D eigenvalue weighted by Crippen LogP contribution is -3.13. The highest BCUT2D eigenvalue weighted by molar-refractivity contribution is 7.73. The zero-order valence-corrected chi connectivity index (χ0v) is 17.2. The number of piperidine rings is 1. The third kappa shape index (κ3) is 5.27. The summed E-state index contributed by atoms with van der Waals surface area (Å²) in [5, 5.41) is 8.63. The number of esters is 1. The van der Waals surface area contributed by atoms with E-state index in [1.165, 1.54) is 16.2 Å². The van der Waals surface area contributed by atoms with Gasteiger partial charge in [-0.15, -0.1) is 5.10 Å². The zero-order chi connectivity index (χ0) is 19.2. The Morgan fingerprint density at radius 1 is 1.44 bits per heavy atom. The van der Waals surface area contributed by atoms with Crippen molar-refractivity contribution in [3.63, 3.8) is 0 Å². The molecule has 2 atom stereocenters. The van der Waals surface area contributed by atoms with E-state index in [9.17, 15) is 4.79 Å². The van der Waals surface area contributed by atoms with Crippen LogP contribution in [0.1, 0.15) is 19.8 Å². The third-order valence-corrected chi connectivity index (χ3v) is 5.78. The van der Waals surface area contributed by atoms with E-state index in [1.807, 2.05) is 35.9 Å². The number of methoxy groups -OCH3 is 1. The minimum Gasteiger partial charge on any atom is -0.497 e. The molecule has 7 nitrogen and oxygen atoms in total. The topological polar surface area (TPSA) is 69.8 Å².